The summed E-state index contributed by atoms with van der Waals surface area (Å²) >= 11 is 0. The van der Waals surface area contributed by atoms with Gasteiger partial charge in [0.05, 0.1) is 6.61 Å². The Labute approximate surface area is 179 Å². The van der Waals surface area contributed by atoms with Crippen LogP contribution in [-0.2, 0) is 4.74 Å². The van der Waals surface area contributed by atoms with Crippen LogP contribution in [0, 0.1) is 0 Å². The Morgan fingerprint density at radius 2 is 1.56 bits per heavy atom. The highest BCUT2D eigenvalue weighted by Crippen LogP contribution is 2.43. The van der Waals surface area contributed by atoms with Gasteiger partial charge < -0.3 is 50.0 Å². The number of benzene rings is 2. The van der Waals surface area contributed by atoms with Gasteiger partial charge in [0, 0.05) is 17.2 Å². The fourth-order valence-electron chi connectivity index (χ4n) is 3.72. The quantitative estimate of drug-likeness (QED) is 0.247. The zero-order valence-corrected chi connectivity index (χ0v) is 16.3. The van der Waals surface area contributed by atoms with Crippen LogP contribution in [0.15, 0.2) is 39.5 Å². The molecule has 5 atom stereocenters. The molecule has 11 nitrogen and oxygen atoms in total. The molecule has 1 aromatic heterocycles. The highest BCUT2D eigenvalue weighted by Gasteiger charge is 2.45. The minimum Gasteiger partial charge on any atom is -0.504 e. The van der Waals surface area contributed by atoms with Gasteiger partial charge in [0.2, 0.25) is 0 Å². The average Bonchev–Trinajstić information content (AvgIpc) is 2.76. The van der Waals surface area contributed by atoms with E-state index in [0.29, 0.717) is 0 Å². The second-order valence-corrected chi connectivity index (χ2v) is 7.47. The lowest BCUT2D eigenvalue weighted by Crippen LogP contribution is -2.55. The van der Waals surface area contributed by atoms with E-state index in [-0.39, 0.29) is 22.5 Å². The molecule has 1 fully saturated rings. The van der Waals surface area contributed by atoms with Gasteiger partial charge in [-0.25, -0.2) is 0 Å². The minimum absolute atomic E-state index is 0.0891. The van der Waals surface area contributed by atoms with Crippen molar-refractivity contribution < 1.29 is 50.0 Å². The van der Waals surface area contributed by atoms with Crippen molar-refractivity contribution in [3.05, 3.63) is 46.1 Å². The van der Waals surface area contributed by atoms with Crippen LogP contribution >= 0.6 is 0 Å². The topological polar surface area (TPSA) is 201 Å². The second kappa shape index (κ2) is 7.97. The third-order valence-electron chi connectivity index (χ3n) is 5.44. The molecule has 170 valence electrons. The summed E-state index contributed by atoms with van der Waals surface area (Å²) in [4.78, 5) is 12.8. The molecule has 11 heteroatoms. The Kier molecular flexibility index (Phi) is 5.44. The minimum atomic E-state index is -1.74. The monoisotopic (exact) mass is 448 g/mol. The maximum atomic E-state index is 12.8. The number of phenols is 4. The highest BCUT2D eigenvalue weighted by molar-refractivity contribution is 5.90. The number of hydrogen-bond donors (Lipinski definition) is 8. The van der Waals surface area contributed by atoms with Gasteiger partial charge in [-0.15, -0.1) is 0 Å². The van der Waals surface area contributed by atoms with Crippen molar-refractivity contribution in [2.75, 3.05) is 6.61 Å². The van der Waals surface area contributed by atoms with E-state index in [4.69, 9.17) is 9.15 Å². The van der Waals surface area contributed by atoms with Crippen LogP contribution in [0.1, 0.15) is 11.7 Å². The number of phenolic OH excluding ortho intramolecular Hbond substituents is 4. The maximum absolute atomic E-state index is 12.8. The SMILES string of the molecule is O=c1cc(-c2ccc(O)c(O)c2)oc2c(C3OC(CO)C(O)C(O)C3O)cc(O)c(O)c12. The fraction of sp³-hybridized carbons (Fsp3) is 0.286. The first-order valence-corrected chi connectivity index (χ1v) is 9.49. The third-order valence-corrected chi connectivity index (χ3v) is 5.44. The molecule has 1 saturated heterocycles. The smallest absolute Gasteiger partial charge is 0.197 e. The van der Waals surface area contributed by atoms with Gasteiger partial charge in [0.15, 0.2) is 28.4 Å². The molecular formula is C21H20O11. The van der Waals surface area contributed by atoms with E-state index in [9.17, 15) is 45.6 Å². The van der Waals surface area contributed by atoms with Crippen molar-refractivity contribution in [3.63, 3.8) is 0 Å². The molecule has 8 N–H and O–H groups in total. The normalized spacial score (nSPS) is 25.8. The molecule has 2 heterocycles. The summed E-state index contributed by atoms with van der Waals surface area (Å²) in [6.07, 6.45) is -7.85. The number of fused-ring (bicyclic) bond motifs is 1. The first-order valence-electron chi connectivity index (χ1n) is 9.49. The van der Waals surface area contributed by atoms with Crippen LogP contribution in [0.3, 0.4) is 0 Å². The summed E-state index contributed by atoms with van der Waals surface area (Å²) in [5.41, 5.74) is -1.05. The summed E-state index contributed by atoms with van der Waals surface area (Å²) in [6.45, 7) is -0.703. The van der Waals surface area contributed by atoms with Crippen LogP contribution in [0.25, 0.3) is 22.3 Å². The molecule has 1 aliphatic heterocycles. The van der Waals surface area contributed by atoms with E-state index >= 15 is 0 Å². The van der Waals surface area contributed by atoms with Gasteiger partial charge in [-0.3, -0.25) is 4.79 Å². The maximum Gasteiger partial charge on any atom is 0.197 e. The van der Waals surface area contributed by atoms with Crippen molar-refractivity contribution in [1.29, 1.82) is 0 Å². The van der Waals surface area contributed by atoms with Gasteiger partial charge in [0.1, 0.15) is 47.2 Å². The van der Waals surface area contributed by atoms with Crippen LogP contribution in [0.5, 0.6) is 23.0 Å². The van der Waals surface area contributed by atoms with Gasteiger partial charge in [-0.1, -0.05) is 0 Å². The predicted octanol–water partition coefficient (Wildman–Crippen LogP) is -0.203. The van der Waals surface area contributed by atoms with E-state index in [1.54, 1.807) is 0 Å². The number of hydrogen-bond acceptors (Lipinski definition) is 11. The molecule has 4 rings (SSSR count). The second-order valence-electron chi connectivity index (χ2n) is 7.47. The summed E-state index contributed by atoms with van der Waals surface area (Å²) in [5.74, 6) is -2.49. The Bertz CT molecular complexity index is 1230. The number of aromatic hydroxyl groups is 4. The third kappa shape index (κ3) is 3.42. The van der Waals surface area contributed by atoms with Gasteiger partial charge in [-0.05, 0) is 24.3 Å². The van der Waals surface area contributed by atoms with Crippen LogP contribution in [0.4, 0.5) is 0 Å². The molecule has 0 radical (unpaired) electrons. The molecule has 32 heavy (non-hydrogen) atoms. The Hall–Kier alpha value is -3.35. The number of rotatable bonds is 3. The zero-order chi connectivity index (χ0) is 23.3. The average molecular weight is 448 g/mol. The summed E-state index contributed by atoms with van der Waals surface area (Å²) in [7, 11) is 0. The van der Waals surface area contributed by atoms with E-state index in [2.05, 4.69) is 0 Å². The number of aliphatic hydroxyl groups excluding tert-OH is 4. The first-order chi connectivity index (χ1) is 15.1. The number of aliphatic hydroxyl groups is 4. The fourth-order valence-corrected chi connectivity index (χ4v) is 3.72. The van der Waals surface area contributed by atoms with E-state index in [1.807, 2.05) is 0 Å². The van der Waals surface area contributed by atoms with E-state index < -0.39 is 70.9 Å². The predicted molar refractivity (Wildman–Crippen MR) is 107 cm³/mol. The largest absolute Gasteiger partial charge is 0.504 e. The van der Waals surface area contributed by atoms with Crippen molar-refractivity contribution in [3.8, 4) is 34.3 Å². The van der Waals surface area contributed by atoms with E-state index in [0.717, 1.165) is 18.2 Å². The molecule has 0 saturated carbocycles. The lowest BCUT2D eigenvalue weighted by molar-refractivity contribution is -0.231. The van der Waals surface area contributed by atoms with E-state index in [1.165, 1.54) is 12.1 Å². The molecule has 2 aromatic carbocycles. The molecule has 5 unspecified atom stereocenters. The molecule has 3 aromatic rings. The van der Waals surface area contributed by atoms with Gasteiger partial charge in [0.25, 0.3) is 0 Å². The lowest BCUT2D eigenvalue weighted by Gasteiger charge is -2.40. The molecule has 0 spiro atoms. The lowest BCUT2D eigenvalue weighted by atomic mass is 9.90. The standard InChI is InChI=1S/C21H20O11/c22-6-14-17(28)18(29)19(30)21(32-14)8-4-12(26)16(27)15-11(25)5-13(31-20(8)15)7-1-2-9(23)10(24)3-7/h1-5,14,17-19,21-24,26-30H,6H2. The molecule has 0 bridgehead atoms. The van der Waals surface area contributed by atoms with Crippen molar-refractivity contribution in [1.82, 2.24) is 0 Å². The number of ether oxygens (including phenoxy) is 1. The van der Waals surface area contributed by atoms with Crippen LogP contribution in [0.2, 0.25) is 0 Å². The first kappa shape index (κ1) is 21.9. The summed E-state index contributed by atoms with van der Waals surface area (Å²) in [5, 5.41) is 79.3. The van der Waals surface area contributed by atoms with Crippen LogP contribution in [-0.4, -0.2) is 71.9 Å². The molecular weight excluding hydrogens is 428 g/mol. The Morgan fingerprint density at radius 1 is 0.844 bits per heavy atom. The molecule has 1 aliphatic rings. The van der Waals surface area contributed by atoms with Crippen molar-refractivity contribution >= 4 is 11.0 Å². The van der Waals surface area contributed by atoms with Crippen molar-refractivity contribution in [2.24, 2.45) is 0 Å². The van der Waals surface area contributed by atoms with Crippen LogP contribution < -0.4 is 5.43 Å². The van der Waals surface area contributed by atoms with Crippen molar-refractivity contribution in [2.45, 2.75) is 30.5 Å². The van der Waals surface area contributed by atoms with Gasteiger partial charge >= 0.3 is 0 Å². The highest BCUT2D eigenvalue weighted by atomic mass is 16.5. The molecule has 0 aliphatic carbocycles. The Morgan fingerprint density at radius 3 is 2.22 bits per heavy atom. The summed E-state index contributed by atoms with van der Waals surface area (Å²) < 4.78 is 11.3. The summed E-state index contributed by atoms with van der Waals surface area (Å²) in [6, 6.07) is 5.61. The Balaban J connectivity index is 1.96. The zero-order valence-electron chi connectivity index (χ0n) is 16.3. The molecule has 0 amide bonds. The van der Waals surface area contributed by atoms with Gasteiger partial charge in [-0.2, -0.15) is 0 Å².